The Kier molecular flexibility index (Phi) is 8.23. The van der Waals surface area contributed by atoms with E-state index in [2.05, 4.69) is 5.32 Å². The highest BCUT2D eigenvalue weighted by Gasteiger charge is 2.32. The number of amides is 1. The summed E-state index contributed by atoms with van der Waals surface area (Å²) in [7, 11) is -3.29. The maximum absolute atomic E-state index is 12.3. The van der Waals surface area contributed by atoms with Gasteiger partial charge in [0.2, 0.25) is 15.9 Å². The molecule has 2 saturated heterocycles. The van der Waals surface area contributed by atoms with Crippen LogP contribution in [0.25, 0.3) is 0 Å². The maximum atomic E-state index is 12.3. The van der Waals surface area contributed by atoms with Gasteiger partial charge in [0.1, 0.15) is 0 Å². The SMILES string of the molecule is CC(C)OCCS(=O)(=O)N1CCN(C(=O)C2CCCN2)CC1.Cl. The van der Waals surface area contributed by atoms with E-state index in [9.17, 15) is 13.2 Å². The summed E-state index contributed by atoms with van der Waals surface area (Å²) in [6.45, 7) is 6.57. The molecule has 1 atom stereocenters. The molecule has 1 N–H and O–H groups in total. The largest absolute Gasteiger partial charge is 0.378 e. The molecule has 23 heavy (non-hydrogen) atoms. The zero-order chi connectivity index (χ0) is 16.2. The quantitative estimate of drug-likeness (QED) is 0.716. The van der Waals surface area contributed by atoms with Gasteiger partial charge in [0.05, 0.1) is 24.5 Å². The second-order valence-corrected chi connectivity index (χ2v) is 8.20. The molecule has 136 valence electrons. The van der Waals surface area contributed by atoms with Crippen molar-refractivity contribution < 1.29 is 17.9 Å². The van der Waals surface area contributed by atoms with Crippen LogP contribution in [0.4, 0.5) is 0 Å². The third-order valence-corrected chi connectivity index (χ3v) is 5.93. The van der Waals surface area contributed by atoms with Gasteiger partial charge in [-0.1, -0.05) is 0 Å². The molecule has 1 amide bonds. The lowest BCUT2D eigenvalue weighted by molar-refractivity contribution is -0.134. The molecule has 0 radical (unpaired) electrons. The molecule has 0 saturated carbocycles. The second-order valence-electron chi connectivity index (χ2n) is 6.11. The number of nitrogens with one attached hydrogen (secondary N) is 1. The molecule has 2 aliphatic heterocycles. The number of carbonyl (C=O) groups is 1. The van der Waals surface area contributed by atoms with Crippen LogP contribution in [0.15, 0.2) is 0 Å². The van der Waals surface area contributed by atoms with E-state index in [1.807, 2.05) is 13.8 Å². The number of hydrogen-bond acceptors (Lipinski definition) is 5. The number of piperazine rings is 1. The van der Waals surface area contributed by atoms with E-state index in [0.29, 0.717) is 26.2 Å². The maximum Gasteiger partial charge on any atom is 0.239 e. The van der Waals surface area contributed by atoms with Crippen molar-refractivity contribution in [2.24, 2.45) is 0 Å². The first-order valence-corrected chi connectivity index (χ1v) is 9.62. The average molecular weight is 370 g/mol. The molecular formula is C14H28ClN3O4S. The van der Waals surface area contributed by atoms with Crippen molar-refractivity contribution in [1.29, 1.82) is 0 Å². The van der Waals surface area contributed by atoms with E-state index in [1.54, 1.807) is 4.90 Å². The first kappa shape index (κ1) is 20.6. The summed E-state index contributed by atoms with van der Waals surface area (Å²) in [4.78, 5) is 14.1. The van der Waals surface area contributed by atoms with Crippen LogP contribution in [0.2, 0.25) is 0 Å². The minimum Gasteiger partial charge on any atom is -0.378 e. The van der Waals surface area contributed by atoms with Crippen LogP contribution >= 0.6 is 12.4 Å². The Morgan fingerprint density at radius 1 is 1.26 bits per heavy atom. The first-order valence-electron chi connectivity index (χ1n) is 8.02. The van der Waals surface area contributed by atoms with Gasteiger partial charge in [0, 0.05) is 26.2 Å². The molecule has 2 aliphatic rings. The number of sulfonamides is 1. The lowest BCUT2D eigenvalue weighted by Crippen LogP contribution is -2.54. The minimum atomic E-state index is -3.29. The molecule has 1 unspecified atom stereocenters. The predicted molar refractivity (Wildman–Crippen MR) is 91.3 cm³/mol. The third kappa shape index (κ3) is 5.86. The van der Waals surface area contributed by atoms with E-state index in [1.165, 1.54) is 4.31 Å². The van der Waals surface area contributed by atoms with E-state index in [4.69, 9.17) is 4.74 Å². The number of carbonyl (C=O) groups excluding carboxylic acids is 1. The Morgan fingerprint density at radius 3 is 2.43 bits per heavy atom. The monoisotopic (exact) mass is 369 g/mol. The molecule has 2 fully saturated rings. The summed E-state index contributed by atoms with van der Waals surface area (Å²) < 4.78 is 31.3. The molecule has 0 aromatic heterocycles. The Morgan fingerprint density at radius 2 is 1.91 bits per heavy atom. The average Bonchev–Trinajstić information content (AvgIpc) is 3.00. The molecule has 0 spiro atoms. The third-order valence-electron chi connectivity index (χ3n) is 4.09. The lowest BCUT2D eigenvalue weighted by atomic mass is 10.2. The standard InChI is InChI=1S/C14H27N3O4S.ClH/c1-12(2)21-10-11-22(19,20)17-8-6-16(7-9-17)14(18)13-4-3-5-15-13;/h12-13,15H,3-11H2,1-2H3;1H. The molecular weight excluding hydrogens is 342 g/mol. The van der Waals surface area contributed by atoms with Crippen LogP contribution in [0.3, 0.4) is 0 Å². The fourth-order valence-corrected chi connectivity index (χ4v) is 4.11. The van der Waals surface area contributed by atoms with Crippen LogP contribution in [0, 0.1) is 0 Å². The van der Waals surface area contributed by atoms with Crippen LogP contribution in [-0.4, -0.2) is 80.8 Å². The summed E-state index contributed by atoms with van der Waals surface area (Å²) in [6.07, 6.45) is 1.94. The Bertz CT molecular complexity index is 472. The first-order chi connectivity index (χ1) is 10.4. The minimum absolute atomic E-state index is 0. The number of nitrogens with zero attached hydrogens (tertiary/aromatic N) is 2. The number of hydrogen-bond donors (Lipinski definition) is 1. The van der Waals surface area contributed by atoms with Crippen LogP contribution in [0.1, 0.15) is 26.7 Å². The van der Waals surface area contributed by atoms with Gasteiger partial charge in [-0.2, -0.15) is 4.31 Å². The van der Waals surface area contributed by atoms with Gasteiger partial charge in [0.25, 0.3) is 0 Å². The number of rotatable bonds is 6. The zero-order valence-electron chi connectivity index (χ0n) is 13.9. The van der Waals surface area contributed by atoms with Gasteiger partial charge >= 0.3 is 0 Å². The van der Waals surface area contributed by atoms with Gasteiger partial charge in [-0.3, -0.25) is 4.79 Å². The zero-order valence-corrected chi connectivity index (χ0v) is 15.5. The summed E-state index contributed by atoms with van der Waals surface area (Å²) in [5.41, 5.74) is 0. The van der Waals surface area contributed by atoms with Crippen LogP contribution < -0.4 is 5.32 Å². The van der Waals surface area contributed by atoms with Gasteiger partial charge in [0.15, 0.2) is 0 Å². The van der Waals surface area contributed by atoms with Gasteiger partial charge < -0.3 is 15.0 Å². The second kappa shape index (κ2) is 9.17. The fourth-order valence-electron chi connectivity index (χ4n) is 2.82. The van der Waals surface area contributed by atoms with E-state index in [0.717, 1.165) is 19.4 Å². The molecule has 9 heteroatoms. The van der Waals surface area contributed by atoms with Gasteiger partial charge in [-0.15, -0.1) is 12.4 Å². The Balaban J connectivity index is 0.00000264. The molecule has 0 aromatic rings. The predicted octanol–water partition coefficient (Wildman–Crippen LogP) is 0.0592. The molecule has 7 nitrogen and oxygen atoms in total. The molecule has 2 heterocycles. The normalized spacial score (nSPS) is 23.1. The highest BCUT2D eigenvalue weighted by molar-refractivity contribution is 7.89. The lowest BCUT2D eigenvalue weighted by Gasteiger charge is -2.35. The van der Waals surface area contributed by atoms with Gasteiger partial charge in [-0.25, -0.2) is 8.42 Å². The van der Waals surface area contributed by atoms with Crippen molar-refractivity contribution in [2.45, 2.75) is 38.8 Å². The molecule has 0 aromatic carbocycles. The van der Waals surface area contributed by atoms with E-state index < -0.39 is 10.0 Å². The van der Waals surface area contributed by atoms with E-state index >= 15 is 0 Å². The van der Waals surface area contributed by atoms with Crippen molar-refractivity contribution in [3.63, 3.8) is 0 Å². The van der Waals surface area contributed by atoms with Gasteiger partial charge in [-0.05, 0) is 33.2 Å². The highest BCUT2D eigenvalue weighted by Crippen LogP contribution is 2.13. The molecule has 2 rings (SSSR count). The van der Waals surface area contributed by atoms with Crippen molar-refractivity contribution in [3.05, 3.63) is 0 Å². The summed E-state index contributed by atoms with van der Waals surface area (Å²) in [5.74, 6) is 0.112. The Labute approximate surface area is 145 Å². The molecule has 0 bridgehead atoms. The van der Waals surface area contributed by atoms with E-state index in [-0.39, 0.29) is 42.8 Å². The fraction of sp³-hybridized carbons (Fsp3) is 0.929. The topological polar surface area (TPSA) is 79.0 Å². The van der Waals surface area contributed by atoms with Crippen LogP contribution in [0.5, 0.6) is 0 Å². The Hall–Kier alpha value is -0.410. The summed E-state index contributed by atoms with van der Waals surface area (Å²) in [5, 5.41) is 3.19. The smallest absolute Gasteiger partial charge is 0.239 e. The summed E-state index contributed by atoms with van der Waals surface area (Å²) >= 11 is 0. The van der Waals surface area contributed by atoms with Crippen LogP contribution in [-0.2, 0) is 19.6 Å². The molecule has 0 aliphatic carbocycles. The number of ether oxygens (including phenoxy) is 1. The van der Waals surface area contributed by atoms with Crippen molar-refractivity contribution in [3.8, 4) is 0 Å². The van der Waals surface area contributed by atoms with Crippen molar-refractivity contribution in [2.75, 3.05) is 45.1 Å². The van der Waals surface area contributed by atoms with Crippen molar-refractivity contribution >= 4 is 28.3 Å². The summed E-state index contributed by atoms with van der Waals surface area (Å²) in [6, 6.07) is -0.0809. The highest BCUT2D eigenvalue weighted by atomic mass is 35.5. The van der Waals surface area contributed by atoms with Crippen molar-refractivity contribution in [1.82, 2.24) is 14.5 Å². The number of halogens is 1.